The van der Waals surface area contributed by atoms with E-state index in [-0.39, 0.29) is 6.04 Å². The lowest BCUT2D eigenvalue weighted by molar-refractivity contribution is 0.0996. The summed E-state index contributed by atoms with van der Waals surface area (Å²) in [5, 5.41) is 7.51. The van der Waals surface area contributed by atoms with E-state index in [9.17, 15) is 4.79 Å². The molecule has 1 amide bonds. The van der Waals surface area contributed by atoms with Crippen LogP contribution >= 0.6 is 22.7 Å². The van der Waals surface area contributed by atoms with Crippen LogP contribution in [0.5, 0.6) is 0 Å². The predicted octanol–water partition coefficient (Wildman–Crippen LogP) is 4.79. The van der Waals surface area contributed by atoms with Gasteiger partial charge in [0.25, 0.3) is 5.91 Å². The largest absolute Gasteiger partial charge is 0.382 e. The lowest BCUT2D eigenvalue weighted by Gasteiger charge is -2.15. The molecule has 4 rings (SSSR count). The van der Waals surface area contributed by atoms with Gasteiger partial charge in [-0.2, -0.15) is 0 Å². The van der Waals surface area contributed by atoms with Crippen LogP contribution in [0.15, 0.2) is 36.0 Å². The number of anilines is 3. The number of primary amides is 1. The summed E-state index contributed by atoms with van der Waals surface area (Å²) in [6.07, 6.45) is 1.77. The Labute approximate surface area is 176 Å². The van der Waals surface area contributed by atoms with Crippen molar-refractivity contribution in [3.8, 4) is 10.6 Å². The first-order valence-corrected chi connectivity index (χ1v) is 10.7. The van der Waals surface area contributed by atoms with E-state index in [2.05, 4.69) is 45.5 Å². The Bertz CT molecular complexity index is 1200. The van der Waals surface area contributed by atoms with Crippen molar-refractivity contribution in [3.63, 3.8) is 0 Å². The maximum atomic E-state index is 11.6. The molecule has 0 unspecified atom stereocenters. The van der Waals surface area contributed by atoms with Crippen LogP contribution < -0.4 is 16.4 Å². The Balaban J connectivity index is 1.70. The third-order valence-corrected chi connectivity index (χ3v) is 6.01. The van der Waals surface area contributed by atoms with Gasteiger partial charge in [-0.25, -0.2) is 15.0 Å². The third-order valence-electron chi connectivity index (χ3n) is 4.21. The number of hydrogen-bond acceptors (Lipinski definition) is 8. The van der Waals surface area contributed by atoms with E-state index >= 15 is 0 Å². The average molecular weight is 425 g/mol. The minimum atomic E-state index is -0.520. The van der Waals surface area contributed by atoms with Gasteiger partial charge in [-0.3, -0.25) is 4.79 Å². The fourth-order valence-electron chi connectivity index (χ4n) is 2.95. The van der Waals surface area contributed by atoms with Gasteiger partial charge < -0.3 is 16.4 Å². The number of amides is 1. The SMILES string of the molecule is Cc1sc(-c2cnc(Nc3ccc4ncsc4c3)cc2NC(C)C)nc1C(N)=O. The zero-order valence-electron chi connectivity index (χ0n) is 16.2. The normalized spacial score (nSPS) is 11.2. The van der Waals surface area contributed by atoms with Crippen molar-refractivity contribution >= 4 is 56.0 Å². The molecule has 0 aliphatic rings. The molecule has 0 fully saturated rings. The van der Waals surface area contributed by atoms with E-state index in [1.54, 1.807) is 17.5 Å². The van der Waals surface area contributed by atoms with Crippen molar-refractivity contribution in [3.05, 3.63) is 46.5 Å². The first-order valence-electron chi connectivity index (χ1n) is 9.05. The Morgan fingerprint density at radius 3 is 2.76 bits per heavy atom. The number of thiazole rings is 2. The highest BCUT2D eigenvalue weighted by atomic mass is 32.1. The molecule has 29 heavy (non-hydrogen) atoms. The summed E-state index contributed by atoms with van der Waals surface area (Å²) >= 11 is 3.03. The zero-order chi connectivity index (χ0) is 20.5. The topological polar surface area (TPSA) is 106 Å². The second-order valence-electron chi connectivity index (χ2n) is 6.86. The fraction of sp³-hybridized carbons (Fsp3) is 0.200. The molecule has 0 saturated carbocycles. The average Bonchev–Trinajstić information content (AvgIpc) is 3.27. The highest BCUT2D eigenvalue weighted by Crippen LogP contribution is 2.35. The zero-order valence-corrected chi connectivity index (χ0v) is 17.8. The Morgan fingerprint density at radius 1 is 1.21 bits per heavy atom. The number of nitrogens with two attached hydrogens (primary N) is 1. The van der Waals surface area contributed by atoms with Crippen molar-refractivity contribution < 1.29 is 4.79 Å². The summed E-state index contributed by atoms with van der Waals surface area (Å²) < 4.78 is 1.12. The Kier molecular flexibility index (Phi) is 5.16. The number of pyridine rings is 1. The smallest absolute Gasteiger partial charge is 0.268 e. The molecule has 3 aromatic heterocycles. The summed E-state index contributed by atoms with van der Waals surface area (Å²) in [6.45, 7) is 5.98. The number of fused-ring (bicyclic) bond motifs is 1. The molecule has 4 aromatic rings. The maximum Gasteiger partial charge on any atom is 0.268 e. The minimum Gasteiger partial charge on any atom is -0.382 e. The fourth-order valence-corrected chi connectivity index (χ4v) is 4.60. The molecule has 148 valence electrons. The first kappa shape index (κ1) is 19.3. The lowest BCUT2D eigenvalue weighted by atomic mass is 10.2. The van der Waals surface area contributed by atoms with Crippen molar-refractivity contribution in [1.29, 1.82) is 0 Å². The van der Waals surface area contributed by atoms with Crippen LogP contribution in [0, 0.1) is 6.92 Å². The van der Waals surface area contributed by atoms with Crippen LogP contribution in [0.4, 0.5) is 17.2 Å². The number of nitrogens with one attached hydrogen (secondary N) is 2. The maximum absolute atomic E-state index is 11.6. The number of aryl methyl sites for hydroxylation is 1. The Morgan fingerprint density at radius 2 is 2.03 bits per heavy atom. The highest BCUT2D eigenvalue weighted by Gasteiger charge is 2.17. The molecule has 1 aromatic carbocycles. The van der Waals surface area contributed by atoms with Crippen LogP contribution in [0.1, 0.15) is 29.2 Å². The van der Waals surface area contributed by atoms with Gasteiger partial charge in [0.2, 0.25) is 0 Å². The van der Waals surface area contributed by atoms with Gasteiger partial charge >= 0.3 is 0 Å². The molecule has 9 heteroatoms. The molecule has 0 bridgehead atoms. The van der Waals surface area contributed by atoms with Crippen LogP contribution in [-0.2, 0) is 0 Å². The van der Waals surface area contributed by atoms with Crippen LogP contribution in [-0.4, -0.2) is 26.9 Å². The summed E-state index contributed by atoms with van der Waals surface area (Å²) in [7, 11) is 0. The van der Waals surface area contributed by atoms with Gasteiger partial charge in [0, 0.05) is 34.6 Å². The van der Waals surface area contributed by atoms with E-state index < -0.39 is 5.91 Å². The molecular formula is C20H20N6OS2. The van der Waals surface area contributed by atoms with Crippen LogP contribution in [0.2, 0.25) is 0 Å². The molecule has 0 radical (unpaired) electrons. The number of carbonyl (C=O) groups excluding carboxylic acids is 1. The number of hydrogen-bond donors (Lipinski definition) is 3. The highest BCUT2D eigenvalue weighted by molar-refractivity contribution is 7.16. The van der Waals surface area contributed by atoms with E-state index in [4.69, 9.17) is 5.73 Å². The predicted molar refractivity (Wildman–Crippen MR) is 120 cm³/mol. The van der Waals surface area contributed by atoms with Crippen LogP contribution in [0.3, 0.4) is 0 Å². The number of carbonyl (C=O) groups is 1. The first-order chi connectivity index (χ1) is 13.9. The third kappa shape index (κ3) is 4.06. The molecule has 0 atom stereocenters. The van der Waals surface area contributed by atoms with Crippen molar-refractivity contribution in [2.45, 2.75) is 26.8 Å². The molecule has 7 nitrogen and oxygen atoms in total. The van der Waals surface area contributed by atoms with Crippen molar-refractivity contribution in [1.82, 2.24) is 15.0 Å². The molecule has 0 spiro atoms. The van der Waals surface area contributed by atoms with E-state index in [1.165, 1.54) is 11.3 Å². The summed E-state index contributed by atoms with van der Waals surface area (Å²) in [5.74, 6) is 0.192. The number of nitrogens with zero attached hydrogens (tertiary/aromatic N) is 3. The molecule has 4 N–H and O–H groups in total. The molecule has 0 aliphatic heterocycles. The number of benzene rings is 1. The molecular weight excluding hydrogens is 404 g/mol. The summed E-state index contributed by atoms with van der Waals surface area (Å²) in [4.78, 5) is 25.7. The van der Waals surface area contributed by atoms with Gasteiger partial charge in [0.05, 0.1) is 21.3 Å². The standard InChI is InChI=1S/C20H20N6OS2/c1-10(2)24-15-7-17(25-12-4-5-14-16(6-12)28-9-23-14)22-8-13(15)20-26-18(19(21)27)11(3)29-20/h4-10H,1-3H3,(H2,21,27)(H2,22,24,25). The van der Waals surface area contributed by atoms with Gasteiger partial charge in [0.15, 0.2) is 0 Å². The second kappa shape index (κ2) is 7.76. The molecule has 0 saturated heterocycles. The number of rotatable bonds is 6. The monoisotopic (exact) mass is 424 g/mol. The second-order valence-corrected chi connectivity index (χ2v) is 8.95. The minimum absolute atomic E-state index is 0.217. The van der Waals surface area contributed by atoms with Crippen LogP contribution in [0.25, 0.3) is 20.8 Å². The molecule has 3 heterocycles. The van der Waals surface area contributed by atoms with Crippen molar-refractivity contribution in [2.75, 3.05) is 10.6 Å². The number of aromatic nitrogens is 3. The van der Waals surface area contributed by atoms with Crippen molar-refractivity contribution in [2.24, 2.45) is 5.73 Å². The van der Waals surface area contributed by atoms with E-state index in [0.717, 1.165) is 32.0 Å². The molecule has 0 aliphatic carbocycles. The summed E-state index contributed by atoms with van der Waals surface area (Å²) in [6, 6.07) is 8.19. The summed E-state index contributed by atoms with van der Waals surface area (Å²) in [5.41, 5.74) is 11.2. The van der Waals surface area contributed by atoms with Gasteiger partial charge in [-0.1, -0.05) is 0 Å². The quantitative estimate of drug-likeness (QED) is 0.411. The van der Waals surface area contributed by atoms with Gasteiger partial charge in [-0.05, 0) is 39.0 Å². The van der Waals surface area contributed by atoms with Gasteiger partial charge in [-0.15, -0.1) is 22.7 Å². The van der Waals surface area contributed by atoms with E-state index in [0.29, 0.717) is 16.5 Å². The Hall–Kier alpha value is -3.04. The lowest BCUT2D eigenvalue weighted by Crippen LogP contribution is -2.13. The van der Waals surface area contributed by atoms with Gasteiger partial charge in [0.1, 0.15) is 16.5 Å². The van der Waals surface area contributed by atoms with E-state index in [1.807, 2.05) is 30.6 Å².